The first-order valence-corrected chi connectivity index (χ1v) is 7.17. The summed E-state index contributed by atoms with van der Waals surface area (Å²) < 4.78 is 1.83. The average molecular weight is 299 g/mol. The van der Waals surface area contributed by atoms with Gasteiger partial charge in [-0.05, 0) is 32.8 Å². The largest absolute Gasteiger partial charge is 0.481 e. The van der Waals surface area contributed by atoms with Crippen molar-refractivity contribution in [2.24, 2.45) is 5.92 Å². The molecule has 20 heavy (non-hydrogen) atoms. The van der Waals surface area contributed by atoms with Gasteiger partial charge in [0.25, 0.3) is 5.91 Å². The van der Waals surface area contributed by atoms with Crippen molar-refractivity contribution in [2.45, 2.75) is 32.7 Å². The molecule has 6 heteroatoms. The molecule has 0 radical (unpaired) electrons. The molecule has 1 atom stereocenters. The molecule has 1 N–H and O–H groups in total. The van der Waals surface area contributed by atoms with Crippen molar-refractivity contribution in [2.75, 3.05) is 13.1 Å². The Morgan fingerprint density at radius 3 is 2.75 bits per heavy atom. The molecule has 1 aliphatic heterocycles. The molecule has 1 aromatic heterocycles. The minimum absolute atomic E-state index is 0.126. The molecule has 0 saturated carbocycles. The Hall–Kier alpha value is -1.49. The smallest absolute Gasteiger partial charge is 0.308 e. The molecule has 0 aliphatic carbocycles. The van der Waals surface area contributed by atoms with E-state index in [9.17, 15) is 9.59 Å². The van der Waals surface area contributed by atoms with Crippen molar-refractivity contribution in [3.8, 4) is 0 Å². The lowest BCUT2D eigenvalue weighted by Gasteiger charge is -2.31. The van der Waals surface area contributed by atoms with Gasteiger partial charge in [-0.1, -0.05) is 11.6 Å². The van der Waals surface area contributed by atoms with Gasteiger partial charge in [0.2, 0.25) is 0 Å². The first kappa shape index (κ1) is 14.9. The van der Waals surface area contributed by atoms with Crippen LogP contribution in [0.3, 0.4) is 0 Å². The number of carboxylic acid groups (broad SMARTS) is 1. The zero-order chi connectivity index (χ0) is 14.9. The van der Waals surface area contributed by atoms with Crippen LogP contribution in [0.2, 0.25) is 5.02 Å². The number of hydrogen-bond donors (Lipinski definition) is 1. The van der Waals surface area contributed by atoms with Gasteiger partial charge in [-0.2, -0.15) is 0 Å². The minimum Gasteiger partial charge on any atom is -0.481 e. The van der Waals surface area contributed by atoms with E-state index in [0.717, 1.165) is 6.42 Å². The molecule has 5 nitrogen and oxygen atoms in total. The molecule has 1 unspecified atom stereocenters. The first-order valence-electron chi connectivity index (χ1n) is 6.79. The molecule has 1 fully saturated rings. The number of nitrogens with zero attached hydrogens (tertiary/aromatic N) is 2. The highest BCUT2D eigenvalue weighted by Gasteiger charge is 2.30. The summed E-state index contributed by atoms with van der Waals surface area (Å²) in [5.41, 5.74) is 0.524. The second kappa shape index (κ2) is 5.87. The number of aliphatic carboxylic acids is 1. The van der Waals surface area contributed by atoms with Gasteiger partial charge in [0.05, 0.1) is 10.9 Å². The number of carbonyl (C=O) groups excluding carboxylic acids is 1. The fraction of sp³-hybridized carbons (Fsp3) is 0.571. The van der Waals surface area contributed by atoms with Crippen molar-refractivity contribution >= 4 is 23.5 Å². The van der Waals surface area contributed by atoms with Crippen molar-refractivity contribution in [1.29, 1.82) is 0 Å². The molecule has 0 aromatic carbocycles. The van der Waals surface area contributed by atoms with Gasteiger partial charge in [0, 0.05) is 25.3 Å². The highest BCUT2D eigenvalue weighted by Crippen LogP contribution is 2.23. The minimum atomic E-state index is -0.834. The van der Waals surface area contributed by atoms with Gasteiger partial charge >= 0.3 is 5.97 Å². The number of hydrogen-bond acceptors (Lipinski definition) is 2. The Labute approximate surface area is 123 Å². The summed E-state index contributed by atoms with van der Waals surface area (Å²) >= 11 is 5.99. The Morgan fingerprint density at radius 2 is 2.15 bits per heavy atom. The van der Waals surface area contributed by atoms with E-state index in [1.165, 1.54) is 0 Å². The number of rotatable bonds is 3. The van der Waals surface area contributed by atoms with Gasteiger partial charge < -0.3 is 14.6 Å². The van der Waals surface area contributed by atoms with Crippen LogP contribution in [-0.2, 0) is 4.79 Å². The Kier molecular flexibility index (Phi) is 4.38. The second-order valence-electron chi connectivity index (χ2n) is 5.47. The number of piperidine rings is 1. The van der Waals surface area contributed by atoms with Crippen LogP contribution in [0, 0.1) is 5.92 Å². The number of carbonyl (C=O) groups is 2. The van der Waals surface area contributed by atoms with E-state index in [-0.39, 0.29) is 18.5 Å². The van der Waals surface area contributed by atoms with E-state index in [4.69, 9.17) is 16.7 Å². The summed E-state index contributed by atoms with van der Waals surface area (Å²) in [7, 11) is 0. The average Bonchev–Trinajstić information content (AvgIpc) is 2.80. The van der Waals surface area contributed by atoms with Gasteiger partial charge in [0.15, 0.2) is 0 Å². The fourth-order valence-corrected chi connectivity index (χ4v) is 2.78. The standard InChI is InChI=1S/C14H19ClN2O3/c1-9(2)17-8-11(15)6-12(17)13(18)16-5-3-4-10(7-16)14(19)20/h6,8-10H,3-5,7H2,1-2H3,(H,19,20). The summed E-state index contributed by atoms with van der Waals surface area (Å²) in [4.78, 5) is 25.3. The molecule has 110 valence electrons. The second-order valence-corrected chi connectivity index (χ2v) is 5.91. The molecule has 0 spiro atoms. The monoisotopic (exact) mass is 298 g/mol. The number of halogens is 1. The molecule has 2 rings (SSSR count). The zero-order valence-corrected chi connectivity index (χ0v) is 12.4. The third-order valence-corrected chi connectivity index (χ3v) is 3.86. The lowest BCUT2D eigenvalue weighted by Crippen LogP contribution is -2.43. The van der Waals surface area contributed by atoms with Gasteiger partial charge in [0.1, 0.15) is 5.69 Å². The van der Waals surface area contributed by atoms with Crippen LogP contribution < -0.4 is 0 Å². The quantitative estimate of drug-likeness (QED) is 0.933. The maximum Gasteiger partial charge on any atom is 0.308 e. The Morgan fingerprint density at radius 1 is 1.45 bits per heavy atom. The third-order valence-electron chi connectivity index (χ3n) is 3.65. The van der Waals surface area contributed by atoms with Gasteiger partial charge in [-0.3, -0.25) is 9.59 Å². The first-order chi connectivity index (χ1) is 9.40. The Bertz CT molecular complexity index is 524. The van der Waals surface area contributed by atoms with Gasteiger partial charge in [-0.15, -0.1) is 0 Å². The summed E-state index contributed by atoms with van der Waals surface area (Å²) in [6.07, 6.45) is 3.09. The fourth-order valence-electron chi connectivity index (χ4n) is 2.57. The van der Waals surface area contributed by atoms with E-state index in [1.54, 1.807) is 17.2 Å². The summed E-state index contributed by atoms with van der Waals surface area (Å²) in [5.74, 6) is -1.44. The lowest BCUT2D eigenvalue weighted by atomic mass is 9.98. The van der Waals surface area contributed by atoms with Gasteiger partial charge in [-0.25, -0.2) is 0 Å². The molecule has 1 saturated heterocycles. The molecule has 1 aromatic rings. The predicted octanol–water partition coefficient (Wildman–Crippen LogP) is 2.66. The number of carboxylic acids is 1. The van der Waals surface area contributed by atoms with Crippen molar-refractivity contribution in [1.82, 2.24) is 9.47 Å². The van der Waals surface area contributed by atoms with Crippen molar-refractivity contribution in [3.63, 3.8) is 0 Å². The number of amides is 1. The number of likely N-dealkylation sites (tertiary alicyclic amines) is 1. The molecule has 1 aliphatic rings. The van der Waals surface area contributed by atoms with E-state index in [1.807, 2.05) is 18.4 Å². The van der Waals surface area contributed by atoms with Crippen LogP contribution in [0.1, 0.15) is 43.2 Å². The van der Waals surface area contributed by atoms with Crippen LogP contribution in [0.15, 0.2) is 12.3 Å². The predicted molar refractivity (Wildman–Crippen MR) is 76.1 cm³/mol. The SMILES string of the molecule is CC(C)n1cc(Cl)cc1C(=O)N1CCCC(C(=O)O)C1. The molecule has 1 amide bonds. The topological polar surface area (TPSA) is 62.5 Å². The van der Waals surface area contributed by atoms with E-state index >= 15 is 0 Å². The van der Waals surface area contributed by atoms with Crippen molar-refractivity contribution in [3.05, 3.63) is 23.0 Å². The molecular weight excluding hydrogens is 280 g/mol. The van der Waals surface area contributed by atoms with E-state index in [0.29, 0.717) is 23.7 Å². The third kappa shape index (κ3) is 2.98. The van der Waals surface area contributed by atoms with Crippen LogP contribution in [0.25, 0.3) is 0 Å². The van der Waals surface area contributed by atoms with Crippen LogP contribution in [-0.4, -0.2) is 39.5 Å². The van der Waals surface area contributed by atoms with Crippen LogP contribution >= 0.6 is 11.6 Å². The van der Waals surface area contributed by atoms with E-state index < -0.39 is 11.9 Å². The van der Waals surface area contributed by atoms with Crippen molar-refractivity contribution < 1.29 is 14.7 Å². The lowest BCUT2D eigenvalue weighted by molar-refractivity contribution is -0.143. The van der Waals surface area contributed by atoms with E-state index in [2.05, 4.69) is 0 Å². The summed E-state index contributed by atoms with van der Waals surface area (Å²) in [6, 6.07) is 1.77. The maximum atomic E-state index is 12.6. The molecular formula is C14H19ClN2O3. The molecule has 0 bridgehead atoms. The Balaban J connectivity index is 2.21. The molecule has 2 heterocycles. The van der Waals surface area contributed by atoms with Crippen LogP contribution in [0.4, 0.5) is 0 Å². The van der Waals surface area contributed by atoms with Crippen LogP contribution in [0.5, 0.6) is 0 Å². The normalized spacial score (nSPS) is 19.4. The maximum absolute atomic E-state index is 12.6. The highest BCUT2D eigenvalue weighted by atomic mass is 35.5. The zero-order valence-electron chi connectivity index (χ0n) is 11.7. The number of aromatic nitrogens is 1. The highest BCUT2D eigenvalue weighted by molar-refractivity contribution is 6.31. The summed E-state index contributed by atoms with van der Waals surface area (Å²) in [6.45, 7) is 4.82. The summed E-state index contributed by atoms with van der Waals surface area (Å²) in [5, 5.41) is 9.61.